The smallest absolute Gasteiger partial charge is 0.260 e. The summed E-state index contributed by atoms with van der Waals surface area (Å²) in [5.74, 6) is 0.962. The van der Waals surface area contributed by atoms with Crippen LogP contribution in [-0.4, -0.2) is 30.0 Å². The highest BCUT2D eigenvalue weighted by Crippen LogP contribution is 2.52. The van der Waals surface area contributed by atoms with Crippen molar-refractivity contribution in [2.24, 2.45) is 10.8 Å². The quantitative estimate of drug-likeness (QED) is 0.840. The Bertz CT molecular complexity index is 622. The van der Waals surface area contributed by atoms with E-state index in [1.54, 1.807) is 0 Å². The maximum atomic E-state index is 12.7. The molecule has 2 fully saturated rings. The number of fused-ring (bicyclic) bond motifs is 2. The minimum absolute atomic E-state index is 0.136. The van der Waals surface area contributed by atoms with Crippen LogP contribution in [0.2, 0.25) is 0 Å². The number of benzene rings is 1. The van der Waals surface area contributed by atoms with Crippen molar-refractivity contribution in [2.45, 2.75) is 59.9 Å². The van der Waals surface area contributed by atoms with E-state index in [1.807, 2.05) is 19.1 Å². The number of carbonyl (C=O) groups is 1. The van der Waals surface area contributed by atoms with Crippen LogP contribution in [0.1, 0.15) is 51.2 Å². The summed E-state index contributed by atoms with van der Waals surface area (Å²) in [6.45, 7) is 12.1. The molecule has 2 atom stereocenters. The zero-order valence-electron chi connectivity index (χ0n) is 15.1. The standard InChI is InChI=1S/C20H29NO2/c1-14-7-6-8-17(15(14)2)23-11-18(22)21-13-20(5)10-16(21)9-19(3,4)12-20/h6-8,16H,9-13H2,1-5H3/t16-,20+/m1/s1. The highest BCUT2D eigenvalue weighted by Gasteiger charge is 2.50. The summed E-state index contributed by atoms with van der Waals surface area (Å²) >= 11 is 0. The van der Waals surface area contributed by atoms with Gasteiger partial charge in [0.15, 0.2) is 6.61 Å². The molecule has 23 heavy (non-hydrogen) atoms. The van der Waals surface area contributed by atoms with E-state index in [0.717, 1.165) is 30.7 Å². The molecule has 3 rings (SSSR count). The predicted molar refractivity (Wildman–Crippen MR) is 92.7 cm³/mol. The lowest BCUT2D eigenvalue weighted by atomic mass is 9.65. The van der Waals surface area contributed by atoms with E-state index in [0.29, 0.717) is 11.5 Å². The van der Waals surface area contributed by atoms with Crippen molar-refractivity contribution in [1.29, 1.82) is 0 Å². The van der Waals surface area contributed by atoms with Crippen molar-refractivity contribution in [2.75, 3.05) is 13.2 Å². The monoisotopic (exact) mass is 315 g/mol. The van der Waals surface area contributed by atoms with Crippen LogP contribution in [0.15, 0.2) is 18.2 Å². The summed E-state index contributed by atoms with van der Waals surface area (Å²) in [6, 6.07) is 6.38. The van der Waals surface area contributed by atoms with Crippen molar-refractivity contribution in [3.8, 4) is 5.75 Å². The van der Waals surface area contributed by atoms with Crippen LogP contribution >= 0.6 is 0 Å². The van der Waals surface area contributed by atoms with Crippen LogP contribution in [0.3, 0.4) is 0 Å². The van der Waals surface area contributed by atoms with Gasteiger partial charge in [0, 0.05) is 12.6 Å². The molecule has 0 aromatic heterocycles. The molecule has 1 aromatic rings. The Morgan fingerprint density at radius 2 is 2.00 bits per heavy atom. The molecule has 2 bridgehead atoms. The normalized spacial score (nSPS) is 28.7. The van der Waals surface area contributed by atoms with Crippen LogP contribution in [-0.2, 0) is 4.79 Å². The van der Waals surface area contributed by atoms with Gasteiger partial charge in [-0.05, 0) is 61.1 Å². The summed E-state index contributed by atoms with van der Waals surface area (Å²) in [7, 11) is 0. The lowest BCUT2D eigenvalue weighted by Gasteiger charge is -2.39. The molecule has 0 N–H and O–H groups in total. The summed E-state index contributed by atoms with van der Waals surface area (Å²) in [4.78, 5) is 14.8. The number of ether oxygens (including phenoxy) is 1. The van der Waals surface area contributed by atoms with E-state index in [-0.39, 0.29) is 17.9 Å². The first-order valence-corrected chi connectivity index (χ1v) is 8.68. The second-order valence-electron chi connectivity index (χ2n) is 8.72. The maximum Gasteiger partial charge on any atom is 0.260 e. The molecular formula is C20H29NO2. The average molecular weight is 315 g/mol. The molecule has 3 nitrogen and oxygen atoms in total. The molecule has 126 valence electrons. The first-order chi connectivity index (χ1) is 10.7. The number of carbonyl (C=O) groups excluding carboxylic acids is 1. The third kappa shape index (κ3) is 3.24. The fraction of sp³-hybridized carbons (Fsp3) is 0.650. The number of rotatable bonds is 3. The number of hydrogen-bond acceptors (Lipinski definition) is 2. The Morgan fingerprint density at radius 3 is 2.74 bits per heavy atom. The third-order valence-corrected chi connectivity index (χ3v) is 5.64. The van der Waals surface area contributed by atoms with Crippen molar-refractivity contribution in [3.05, 3.63) is 29.3 Å². The molecule has 0 radical (unpaired) electrons. The van der Waals surface area contributed by atoms with Crippen LogP contribution in [0.25, 0.3) is 0 Å². The molecule has 1 aromatic carbocycles. The van der Waals surface area contributed by atoms with Crippen molar-refractivity contribution in [3.63, 3.8) is 0 Å². The molecule has 1 aliphatic heterocycles. The van der Waals surface area contributed by atoms with Gasteiger partial charge in [-0.3, -0.25) is 4.79 Å². The van der Waals surface area contributed by atoms with Gasteiger partial charge < -0.3 is 9.64 Å². The Labute approximate surface area is 140 Å². The van der Waals surface area contributed by atoms with Crippen LogP contribution in [0, 0.1) is 24.7 Å². The Morgan fingerprint density at radius 1 is 1.26 bits per heavy atom. The van der Waals surface area contributed by atoms with Gasteiger partial charge in [-0.15, -0.1) is 0 Å². The third-order valence-electron chi connectivity index (χ3n) is 5.64. The molecule has 0 unspecified atom stereocenters. The van der Waals surface area contributed by atoms with E-state index >= 15 is 0 Å². The number of amides is 1. The van der Waals surface area contributed by atoms with Gasteiger partial charge in [-0.25, -0.2) is 0 Å². The zero-order valence-corrected chi connectivity index (χ0v) is 15.1. The van der Waals surface area contributed by atoms with Crippen LogP contribution in [0.5, 0.6) is 5.75 Å². The highest BCUT2D eigenvalue weighted by molar-refractivity contribution is 5.78. The molecule has 2 aliphatic rings. The van der Waals surface area contributed by atoms with Crippen LogP contribution < -0.4 is 4.74 Å². The molecule has 1 amide bonds. The van der Waals surface area contributed by atoms with Gasteiger partial charge in [0.2, 0.25) is 0 Å². The second-order valence-corrected chi connectivity index (χ2v) is 8.72. The summed E-state index contributed by atoms with van der Waals surface area (Å²) in [6.07, 6.45) is 3.46. The first-order valence-electron chi connectivity index (χ1n) is 8.68. The van der Waals surface area contributed by atoms with Gasteiger partial charge in [-0.2, -0.15) is 0 Å². The molecule has 3 heteroatoms. The highest BCUT2D eigenvalue weighted by atomic mass is 16.5. The molecule has 1 saturated heterocycles. The average Bonchev–Trinajstić information content (AvgIpc) is 2.69. The lowest BCUT2D eigenvalue weighted by molar-refractivity contribution is -0.134. The van der Waals surface area contributed by atoms with E-state index in [1.165, 1.54) is 12.0 Å². The maximum absolute atomic E-state index is 12.7. The number of aryl methyl sites for hydroxylation is 1. The van der Waals surface area contributed by atoms with Crippen molar-refractivity contribution in [1.82, 2.24) is 4.90 Å². The van der Waals surface area contributed by atoms with Gasteiger partial charge in [0.05, 0.1) is 0 Å². The summed E-state index contributed by atoms with van der Waals surface area (Å²) in [5, 5.41) is 0. The number of hydrogen-bond donors (Lipinski definition) is 0. The molecule has 0 spiro atoms. The van der Waals surface area contributed by atoms with Gasteiger partial charge in [-0.1, -0.05) is 32.9 Å². The minimum Gasteiger partial charge on any atom is -0.483 e. The minimum atomic E-state index is 0.136. The molecular weight excluding hydrogens is 286 g/mol. The Hall–Kier alpha value is -1.51. The van der Waals surface area contributed by atoms with E-state index < -0.39 is 0 Å². The fourth-order valence-electron chi connectivity index (χ4n) is 4.85. The Balaban J connectivity index is 1.67. The van der Waals surface area contributed by atoms with Gasteiger partial charge in [0.1, 0.15) is 5.75 Å². The lowest BCUT2D eigenvalue weighted by Crippen LogP contribution is -2.40. The second kappa shape index (κ2) is 5.54. The topological polar surface area (TPSA) is 29.5 Å². The van der Waals surface area contributed by atoms with Crippen LogP contribution in [0.4, 0.5) is 0 Å². The van der Waals surface area contributed by atoms with E-state index in [9.17, 15) is 4.79 Å². The van der Waals surface area contributed by atoms with Crippen molar-refractivity contribution >= 4 is 5.91 Å². The number of nitrogens with zero attached hydrogens (tertiary/aromatic N) is 1. The molecule has 1 heterocycles. The largest absolute Gasteiger partial charge is 0.483 e. The Kier molecular flexibility index (Phi) is 3.94. The summed E-state index contributed by atoms with van der Waals surface area (Å²) < 4.78 is 5.83. The zero-order chi connectivity index (χ0) is 16.8. The van der Waals surface area contributed by atoms with Crippen molar-refractivity contribution < 1.29 is 9.53 Å². The SMILES string of the molecule is Cc1cccc(OCC(=O)N2C[C@@]3(C)C[C@H]2CC(C)(C)C3)c1C. The van der Waals surface area contributed by atoms with E-state index in [4.69, 9.17) is 4.74 Å². The molecule has 1 aliphatic carbocycles. The van der Waals surface area contributed by atoms with Gasteiger partial charge in [0.25, 0.3) is 5.91 Å². The molecule has 1 saturated carbocycles. The van der Waals surface area contributed by atoms with Gasteiger partial charge >= 0.3 is 0 Å². The summed E-state index contributed by atoms with van der Waals surface area (Å²) in [5.41, 5.74) is 2.93. The fourth-order valence-corrected chi connectivity index (χ4v) is 4.85. The van der Waals surface area contributed by atoms with E-state index in [2.05, 4.69) is 38.7 Å². The number of likely N-dealkylation sites (tertiary alicyclic amines) is 1. The predicted octanol–water partition coefficient (Wildman–Crippen LogP) is 4.11. The first kappa shape index (κ1) is 16.4.